The highest BCUT2D eigenvalue weighted by molar-refractivity contribution is 7.15. The zero-order valence-electron chi connectivity index (χ0n) is 36.9. The van der Waals surface area contributed by atoms with E-state index in [1.54, 1.807) is 29.5 Å². The van der Waals surface area contributed by atoms with Gasteiger partial charge in [-0.25, -0.2) is 9.18 Å². The fourth-order valence-electron chi connectivity index (χ4n) is 10.3. The second kappa shape index (κ2) is 17.4. The lowest BCUT2D eigenvalue weighted by Crippen LogP contribution is -2.49. The van der Waals surface area contributed by atoms with Crippen LogP contribution in [-0.2, 0) is 6.42 Å². The number of aromatic carboxylic acids is 1. The summed E-state index contributed by atoms with van der Waals surface area (Å²) in [6.45, 7) is 15.2. The number of aromatic nitrogens is 3. The SMILES string of the molecule is Cc1sc2c(c1C)C(c1ccc(N3CCC(CN4CCN(c5ccc(C6=C(c7ccccc7Cl)CCCc7cc(C(=O)O)ccc76)c(F)c5)CC4)CC3)cc1)=N[C@@H](C)c1nnc(C)n1-2. The molecule has 64 heavy (non-hydrogen) atoms. The van der Waals surface area contributed by atoms with Crippen LogP contribution in [0.25, 0.3) is 16.1 Å². The molecule has 6 aromatic rings. The first kappa shape index (κ1) is 42.3. The number of fused-ring (bicyclic) bond motifs is 4. The Bertz CT molecular complexity index is 2830. The van der Waals surface area contributed by atoms with E-state index in [0.717, 1.165) is 127 Å². The molecule has 2 saturated heterocycles. The van der Waals surface area contributed by atoms with Gasteiger partial charge in [0.25, 0.3) is 0 Å². The molecule has 9 nitrogen and oxygen atoms in total. The van der Waals surface area contributed by atoms with Gasteiger partial charge in [0.05, 0.1) is 11.3 Å². The largest absolute Gasteiger partial charge is 0.478 e. The lowest BCUT2D eigenvalue weighted by Gasteiger charge is -2.40. The molecule has 0 unspecified atom stereocenters. The van der Waals surface area contributed by atoms with Crippen molar-refractivity contribution >= 4 is 57.1 Å². The van der Waals surface area contributed by atoms with Gasteiger partial charge in [0.1, 0.15) is 22.7 Å². The van der Waals surface area contributed by atoms with Crippen molar-refractivity contribution in [1.29, 1.82) is 0 Å². The van der Waals surface area contributed by atoms with Crippen LogP contribution in [0.15, 0.2) is 89.9 Å². The highest BCUT2D eigenvalue weighted by atomic mass is 35.5. The van der Waals surface area contributed by atoms with E-state index >= 15 is 4.39 Å². The van der Waals surface area contributed by atoms with E-state index in [0.29, 0.717) is 29.3 Å². The Kier molecular flexibility index (Phi) is 11.5. The van der Waals surface area contributed by atoms with Crippen molar-refractivity contribution in [3.8, 4) is 5.00 Å². The molecule has 10 rings (SSSR count). The van der Waals surface area contributed by atoms with Crippen molar-refractivity contribution in [3.05, 3.63) is 157 Å². The summed E-state index contributed by atoms with van der Waals surface area (Å²) >= 11 is 8.56. The normalized spacial score (nSPS) is 18.3. The van der Waals surface area contributed by atoms with Gasteiger partial charge in [-0.2, -0.15) is 0 Å². The van der Waals surface area contributed by atoms with Gasteiger partial charge in [0.15, 0.2) is 5.82 Å². The van der Waals surface area contributed by atoms with Crippen molar-refractivity contribution in [3.63, 3.8) is 0 Å². The van der Waals surface area contributed by atoms with Crippen LogP contribution in [0.4, 0.5) is 15.8 Å². The molecule has 4 aromatic carbocycles. The number of halogens is 2. The van der Waals surface area contributed by atoms with Gasteiger partial charge in [0.2, 0.25) is 0 Å². The van der Waals surface area contributed by atoms with Crippen LogP contribution in [0.2, 0.25) is 5.02 Å². The van der Waals surface area contributed by atoms with Crippen LogP contribution >= 0.6 is 22.9 Å². The average Bonchev–Trinajstić information content (AvgIpc) is 3.71. The fourth-order valence-corrected chi connectivity index (χ4v) is 11.8. The first-order valence-corrected chi connectivity index (χ1v) is 23.8. The van der Waals surface area contributed by atoms with Crippen LogP contribution in [0, 0.1) is 32.5 Å². The predicted molar refractivity (Wildman–Crippen MR) is 258 cm³/mol. The van der Waals surface area contributed by atoms with Crippen molar-refractivity contribution in [2.24, 2.45) is 10.9 Å². The maximum Gasteiger partial charge on any atom is 0.335 e. The molecule has 0 radical (unpaired) electrons. The number of piperidine rings is 1. The molecule has 0 amide bonds. The first-order chi connectivity index (χ1) is 31.0. The van der Waals surface area contributed by atoms with Gasteiger partial charge in [0, 0.05) is 83.8 Å². The molecular weight excluding hydrogens is 841 g/mol. The number of hydrogen-bond acceptors (Lipinski definition) is 8. The molecule has 1 aliphatic carbocycles. The Morgan fingerprint density at radius 1 is 0.828 bits per heavy atom. The molecule has 1 atom stereocenters. The van der Waals surface area contributed by atoms with E-state index in [2.05, 4.69) is 74.5 Å². The topological polar surface area (TPSA) is 90.1 Å². The second-order valence-electron chi connectivity index (χ2n) is 17.9. The number of carboxylic acids is 1. The highest BCUT2D eigenvalue weighted by Crippen LogP contribution is 2.44. The highest BCUT2D eigenvalue weighted by Gasteiger charge is 2.31. The van der Waals surface area contributed by atoms with E-state index in [4.69, 9.17) is 16.6 Å². The van der Waals surface area contributed by atoms with E-state index in [1.165, 1.54) is 21.7 Å². The summed E-state index contributed by atoms with van der Waals surface area (Å²) in [5.41, 5.74) is 11.9. The van der Waals surface area contributed by atoms with E-state index in [-0.39, 0.29) is 17.4 Å². The average molecular weight is 895 g/mol. The number of benzene rings is 4. The van der Waals surface area contributed by atoms with Gasteiger partial charge in [-0.15, -0.1) is 21.5 Å². The quantitative estimate of drug-likeness (QED) is 0.163. The van der Waals surface area contributed by atoms with Crippen molar-refractivity contribution in [1.82, 2.24) is 19.7 Å². The molecule has 4 aliphatic rings. The molecule has 3 aliphatic heterocycles. The molecule has 12 heteroatoms. The Morgan fingerprint density at radius 2 is 1.55 bits per heavy atom. The maximum absolute atomic E-state index is 16.6. The number of carbonyl (C=O) groups is 1. The van der Waals surface area contributed by atoms with Gasteiger partial charge < -0.3 is 14.9 Å². The molecular formula is C52H53ClFN7O2S. The molecule has 0 saturated carbocycles. The van der Waals surface area contributed by atoms with Gasteiger partial charge >= 0.3 is 5.97 Å². The molecule has 2 fully saturated rings. The predicted octanol–water partition coefficient (Wildman–Crippen LogP) is 11.0. The third-order valence-corrected chi connectivity index (χ3v) is 15.5. The molecule has 1 N–H and O–H groups in total. The fraction of sp³-hybridized carbons (Fsp3) is 0.346. The second-order valence-corrected chi connectivity index (χ2v) is 19.5. The van der Waals surface area contributed by atoms with Crippen LogP contribution in [0.3, 0.4) is 0 Å². The van der Waals surface area contributed by atoms with Gasteiger partial charge in [-0.3, -0.25) is 14.5 Å². The van der Waals surface area contributed by atoms with Crippen LogP contribution in [-0.4, -0.2) is 82.3 Å². The molecule has 2 aromatic heterocycles. The van der Waals surface area contributed by atoms with Crippen LogP contribution in [0.5, 0.6) is 0 Å². The summed E-state index contributed by atoms with van der Waals surface area (Å²) in [5, 5.41) is 20.4. The monoisotopic (exact) mass is 893 g/mol. The number of carboxylic acid groups (broad SMARTS) is 1. The minimum absolute atomic E-state index is 0.102. The van der Waals surface area contributed by atoms with Gasteiger partial charge in [-0.05, 0) is 148 Å². The summed E-state index contributed by atoms with van der Waals surface area (Å²) in [5.74, 6) is 1.17. The Balaban J connectivity index is 0.782. The maximum atomic E-state index is 16.6. The minimum Gasteiger partial charge on any atom is -0.478 e. The summed E-state index contributed by atoms with van der Waals surface area (Å²) in [7, 11) is 0. The number of nitrogens with zero attached hydrogens (tertiary/aromatic N) is 7. The third-order valence-electron chi connectivity index (χ3n) is 13.9. The number of aryl methyl sites for hydroxylation is 3. The number of piperazine rings is 1. The lowest BCUT2D eigenvalue weighted by molar-refractivity contribution is 0.0696. The standard InChI is InChI=1S/C52H53ClFN7O2S/c1-31-33(3)64-51-47(31)49(55-32(2)50-57-56-34(4)61(50)51)36-12-15-39(16-13-36)59-22-20-35(21-23-59)30-58-24-26-60(27-25-58)40-17-19-44(46(54)29-40)48-41-18-14-38(52(62)63)28-37(41)8-7-10-43(48)42-9-5-6-11-45(42)53/h5-6,9,11-19,28-29,32,35H,7-8,10,20-27,30H2,1-4H3,(H,62,63)/t32-/m0/s1. The van der Waals surface area contributed by atoms with Crippen LogP contribution in [0.1, 0.15) is 104 Å². The number of thiophene rings is 1. The van der Waals surface area contributed by atoms with Crippen LogP contribution < -0.4 is 9.80 Å². The zero-order chi connectivity index (χ0) is 44.2. The summed E-state index contributed by atoms with van der Waals surface area (Å²) in [6.07, 6.45) is 4.51. The zero-order valence-corrected chi connectivity index (χ0v) is 38.4. The van der Waals surface area contributed by atoms with E-state index in [9.17, 15) is 9.90 Å². The number of hydrogen-bond donors (Lipinski definition) is 1. The number of allylic oxidation sites excluding steroid dienone is 1. The van der Waals surface area contributed by atoms with Gasteiger partial charge in [-0.1, -0.05) is 48.0 Å². The first-order valence-electron chi connectivity index (χ1n) is 22.6. The smallest absolute Gasteiger partial charge is 0.335 e. The third kappa shape index (κ3) is 7.85. The number of rotatable bonds is 8. The Hall–Kier alpha value is -5.62. The Labute approximate surface area is 383 Å². The van der Waals surface area contributed by atoms with Crippen molar-refractivity contribution in [2.45, 2.75) is 65.8 Å². The van der Waals surface area contributed by atoms with Crippen molar-refractivity contribution in [2.75, 3.05) is 55.6 Å². The minimum atomic E-state index is -0.967. The molecule has 0 bridgehead atoms. The molecule has 5 heterocycles. The summed E-state index contributed by atoms with van der Waals surface area (Å²) < 4.78 is 18.8. The number of anilines is 2. The van der Waals surface area contributed by atoms with E-state index in [1.807, 2.05) is 49.4 Å². The Morgan fingerprint density at radius 3 is 2.28 bits per heavy atom. The molecule has 328 valence electrons. The summed E-state index contributed by atoms with van der Waals surface area (Å²) in [4.78, 5) is 25.8. The number of aliphatic imine (C=N–C) groups is 1. The summed E-state index contributed by atoms with van der Waals surface area (Å²) in [6, 6.07) is 27.5. The van der Waals surface area contributed by atoms with Crippen molar-refractivity contribution < 1.29 is 14.3 Å². The molecule has 0 spiro atoms. The lowest BCUT2D eigenvalue weighted by atomic mass is 9.87. The van der Waals surface area contributed by atoms with E-state index < -0.39 is 5.97 Å².